The molecule has 2 heterocycles. The lowest BCUT2D eigenvalue weighted by molar-refractivity contribution is 0.647. The standard InChI is InChI=1S/C18H28N6/c1-4-5-6-7-10-21-18(19-3)23-14-16-8-9-17(22-13-16)24-12-11-20-15(24)2/h8-9,11-13H,4-7,10,14H2,1-3H3,(H2,19,21,23). The van der Waals surface area contributed by atoms with Crippen LogP contribution in [0.1, 0.15) is 44.0 Å². The van der Waals surface area contributed by atoms with Crippen LogP contribution in [0.5, 0.6) is 0 Å². The number of aromatic nitrogens is 3. The number of aliphatic imine (C=N–C) groups is 1. The third-order valence-corrected chi connectivity index (χ3v) is 3.89. The van der Waals surface area contributed by atoms with Crippen molar-refractivity contribution in [3.05, 3.63) is 42.1 Å². The topological polar surface area (TPSA) is 67.1 Å². The second kappa shape index (κ2) is 9.70. The number of nitrogens with zero attached hydrogens (tertiary/aromatic N) is 4. The van der Waals surface area contributed by atoms with E-state index in [4.69, 9.17) is 0 Å². The van der Waals surface area contributed by atoms with Gasteiger partial charge in [0.15, 0.2) is 5.96 Å². The first kappa shape index (κ1) is 18.0. The van der Waals surface area contributed by atoms with E-state index >= 15 is 0 Å². The fraction of sp³-hybridized carbons (Fsp3) is 0.500. The van der Waals surface area contributed by atoms with E-state index in [0.29, 0.717) is 6.54 Å². The summed E-state index contributed by atoms with van der Waals surface area (Å²) in [6.45, 7) is 5.84. The molecule has 2 N–H and O–H groups in total. The van der Waals surface area contributed by atoms with Crippen LogP contribution in [-0.2, 0) is 6.54 Å². The monoisotopic (exact) mass is 328 g/mol. The van der Waals surface area contributed by atoms with E-state index in [2.05, 4.69) is 38.6 Å². The van der Waals surface area contributed by atoms with Crippen molar-refractivity contribution in [2.24, 2.45) is 4.99 Å². The van der Waals surface area contributed by atoms with E-state index < -0.39 is 0 Å². The summed E-state index contributed by atoms with van der Waals surface area (Å²) >= 11 is 0. The number of imidazole rings is 1. The Morgan fingerprint density at radius 2 is 2.04 bits per heavy atom. The molecule has 0 bridgehead atoms. The molecule has 0 saturated heterocycles. The minimum Gasteiger partial charge on any atom is -0.356 e. The predicted molar refractivity (Wildman–Crippen MR) is 98.4 cm³/mol. The molecule has 0 atom stereocenters. The van der Waals surface area contributed by atoms with Gasteiger partial charge in [-0.25, -0.2) is 9.97 Å². The number of hydrogen-bond acceptors (Lipinski definition) is 3. The molecular formula is C18H28N6. The van der Waals surface area contributed by atoms with E-state index in [0.717, 1.165) is 29.7 Å². The minimum absolute atomic E-state index is 0.699. The van der Waals surface area contributed by atoms with Crippen LogP contribution in [0.4, 0.5) is 0 Å². The molecule has 0 aliphatic carbocycles. The molecular weight excluding hydrogens is 300 g/mol. The van der Waals surface area contributed by atoms with Gasteiger partial charge < -0.3 is 10.6 Å². The average molecular weight is 328 g/mol. The van der Waals surface area contributed by atoms with E-state index in [1.165, 1.54) is 25.7 Å². The summed E-state index contributed by atoms with van der Waals surface area (Å²) in [7, 11) is 1.80. The Morgan fingerprint density at radius 1 is 1.17 bits per heavy atom. The van der Waals surface area contributed by atoms with Crippen LogP contribution in [0.3, 0.4) is 0 Å². The summed E-state index contributed by atoms with van der Waals surface area (Å²) < 4.78 is 1.97. The fourth-order valence-electron chi connectivity index (χ4n) is 2.45. The smallest absolute Gasteiger partial charge is 0.191 e. The summed E-state index contributed by atoms with van der Waals surface area (Å²) in [5, 5.41) is 6.67. The van der Waals surface area contributed by atoms with Gasteiger partial charge in [0, 0.05) is 38.7 Å². The van der Waals surface area contributed by atoms with E-state index in [-0.39, 0.29) is 0 Å². The summed E-state index contributed by atoms with van der Waals surface area (Å²) in [4.78, 5) is 13.0. The first-order chi connectivity index (χ1) is 11.7. The highest BCUT2D eigenvalue weighted by Crippen LogP contribution is 2.08. The lowest BCUT2D eigenvalue weighted by atomic mass is 10.2. The molecule has 130 valence electrons. The van der Waals surface area contributed by atoms with E-state index in [1.807, 2.05) is 30.0 Å². The number of guanidine groups is 1. The van der Waals surface area contributed by atoms with Crippen molar-refractivity contribution in [1.82, 2.24) is 25.2 Å². The molecule has 2 aromatic heterocycles. The van der Waals surface area contributed by atoms with Crippen molar-refractivity contribution >= 4 is 5.96 Å². The summed E-state index contributed by atoms with van der Waals surface area (Å²) in [5.74, 6) is 2.65. The summed E-state index contributed by atoms with van der Waals surface area (Å²) in [6, 6.07) is 4.08. The lowest BCUT2D eigenvalue weighted by Gasteiger charge is -2.12. The Morgan fingerprint density at radius 3 is 2.67 bits per heavy atom. The van der Waals surface area contributed by atoms with Crippen molar-refractivity contribution in [3.63, 3.8) is 0 Å². The lowest BCUT2D eigenvalue weighted by Crippen LogP contribution is -2.37. The Hall–Kier alpha value is -2.37. The first-order valence-electron chi connectivity index (χ1n) is 8.64. The van der Waals surface area contributed by atoms with Gasteiger partial charge in [-0.1, -0.05) is 32.3 Å². The number of hydrogen-bond donors (Lipinski definition) is 2. The van der Waals surface area contributed by atoms with Gasteiger partial charge >= 0.3 is 0 Å². The van der Waals surface area contributed by atoms with Crippen LogP contribution in [0.25, 0.3) is 5.82 Å². The molecule has 0 aliphatic heterocycles. The molecule has 0 amide bonds. The maximum atomic E-state index is 4.50. The van der Waals surface area contributed by atoms with Crippen molar-refractivity contribution < 1.29 is 0 Å². The SMILES string of the molecule is CCCCCCNC(=NC)NCc1ccc(-n2ccnc2C)nc1. The molecule has 24 heavy (non-hydrogen) atoms. The summed E-state index contributed by atoms with van der Waals surface area (Å²) in [5.41, 5.74) is 1.12. The molecule has 2 aromatic rings. The third kappa shape index (κ3) is 5.37. The average Bonchev–Trinajstić information content (AvgIpc) is 3.04. The van der Waals surface area contributed by atoms with Crippen molar-refractivity contribution in [2.75, 3.05) is 13.6 Å². The number of unbranched alkanes of at least 4 members (excludes halogenated alkanes) is 3. The van der Waals surface area contributed by atoms with Crippen LogP contribution >= 0.6 is 0 Å². The van der Waals surface area contributed by atoms with Gasteiger partial charge in [-0.15, -0.1) is 0 Å². The molecule has 0 radical (unpaired) electrons. The molecule has 2 rings (SSSR count). The molecule has 0 unspecified atom stereocenters. The zero-order chi connectivity index (χ0) is 17.2. The number of nitrogens with one attached hydrogen (secondary N) is 2. The van der Waals surface area contributed by atoms with Crippen LogP contribution < -0.4 is 10.6 Å². The number of pyridine rings is 1. The quantitative estimate of drug-likeness (QED) is 0.444. The Bertz CT molecular complexity index is 629. The Kier molecular flexibility index (Phi) is 7.26. The second-order valence-electron chi connectivity index (χ2n) is 5.78. The second-order valence-corrected chi connectivity index (χ2v) is 5.78. The van der Waals surface area contributed by atoms with Gasteiger partial charge in [-0.3, -0.25) is 9.56 Å². The highest BCUT2D eigenvalue weighted by molar-refractivity contribution is 5.79. The summed E-state index contributed by atoms with van der Waals surface area (Å²) in [6.07, 6.45) is 10.6. The van der Waals surface area contributed by atoms with Gasteiger partial charge in [0.25, 0.3) is 0 Å². The Balaban J connectivity index is 1.80. The van der Waals surface area contributed by atoms with E-state index in [9.17, 15) is 0 Å². The third-order valence-electron chi connectivity index (χ3n) is 3.89. The fourth-order valence-corrected chi connectivity index (χ4v) is 2.45. The zero-order valence-electron chi connectivity index (χ0n) is 14.9. The maximum Gasteiger partial charge on any atom is 0.191 e. The normalized spacial score (nSPS) is 11.5. The first-order valence-corrected chi connectivity index (χ1v) is 8.64. The van der Waals surface area contributed by atoms with E-state index in [1.54, 1.807) is 13.2 Å². The van der Waals surface area contributed by atoms with Gasteiger partial charge in [0.2, 0.25) is 0 Å². The van der Waals surface area contributed by atoms with Crippen LogP contribution in [0.2, 0.25) is 0 Å². The van der Waals surface area contributed by atoms with Crippen LogP contribution in [0, 0.1) is 6.92 Å². The highest BCUT2D eigenvalue weighted by Gasteiger charge is 2.03. The van der Waals surface area contributed by atoms with Crippen molar-refractivity contribution in [1.29, 1.82) is 0 Å². The molecule has 6 nitrogen and oxygen atoms in total. The van der Waals surface area contributed by atoms with Gasteiger partial charge in [-0.2, -0.15) is 0 Å². The molecule has 6 heteroatoms. The predicted octanol–water partition coefficient (Wildman–Crippen LogP) is 2.82. The van der Waals surface area contributed by atoms with Crippen LogP contribution in [-0.4, -0.2) is 34.1 Å². The maximum absolute atomic E-state index is 4.50. The van der Waals surface area contributed by atoms with Crippen molar-refractivity contribution in [3.8, 4) is 5.82 Å². The minimum atomic E-state index is 0.699. The van der Waals surface area contributed by atoms with Gasteiger partial charge in [0.05, 0.1) is 0 Å². The van der Waals surface area contributed by atoms with Gasteiger partial charge in [0.1, 0.15) is 11.6 Å². The molecule has 0 aromatic carbocycles. The number of aryl methyl sites for hydroxylation is 1. The molecule has 0 saturated carbocycles. The largest absolute Gasteiger partial charge is 0.356 e. The van der Waals surface area contributed by atoms with Crippen LogP contribution in [0.15, 0.2) is 35.7 Å². The Labute approximate surface area is 144 Å². The van der Waals surface area contributed by atoms with Crippen molar-refractivity contribution in [2.45, 2.75) is 46.1 Å². The molecule has 0 aliphatic rings. The highest BCUT2D eigenvalue weighted by atomic mass is 15.2. The van der Waals surface area contributed by atoms with Gasteiger partial charge in [-0.05, 0) is 25.0 Å². The molecule has 0 spiro atoms. The molecule has 0 fully saturated rings. The number of rotatable bonds is 8. The zero-order valence-corrected chi connectivity index (χ0v) is 14.9.